The lowest BCUT2D eigenvalue weighted by Gasteiger charge is -2.26. The van der Waals surface area contributed by atoms with Crippen LogP contribution in [0.5, 0.6) is 11.5 Å². The second-order valence-electron chi connectivity index (χ2n) is 7.21. The molecule has 0 radical (unpaired) electrons. The number of ether oxygens (including phenoxy) is 2. The zero-order valence-corrected chi connectivity index (χ0v) is 16.5. The largest absolute Gasteiger partial charge is 0.486 e. The molecule has 2 aromatic carbocycles. The molecule has 1 aromatic heterocycles. The number of hydrogen-bond donors (Lipinski definition) is 1. The lowest BCUT2D eigenvalue weighted by molar-refractivity contribution is -0.117. The van der Waals surface area contributed by atoms with Gasteiger partial charge in [0.2, 0.25) is 5.91 Å². The number of halogens is 1. The molecule has 0 saturated carbocycles. The van der Waals surface area contributed by atoms with Crippen LogP contribution in [0, 0.1) is 5.82 Å². The molecule has 0 spiro atoms. The van der Waals surface area contributed by atoms with Crippen LogP contribution in [0.15, 0.2) is 36.4 Å². The Morgan fingerprint density at radius 2 is 2.07 bits per heavy atom. The Labute approximate surface area is 171 Å². The molecule has 29 heavy (non-hydrogen) atoms. The first-order chi connectivity index (χ1) is 14.2. The van der Waals surface area contributed by atoms with E-state index < -0.39 is 0 Å². The Balaban J connectivity index is 1.28. The van der Waals surface area contributed by atoms with Crippen LogP contribution in [0.1, 0.15) is 24.4 Å². The summed E-state index contributed by atoms with van der Waals surface area (Å²) < 4.78 is 25.4. The van der Waals surface area contributed by atoms with Crippen molar-refractivity contribution in [2.24, 2.45) is 0 Å². The van der Waals surface area contributed by atoms with E-state index in [0.29, 0.717) is 23.9 Å². The first-order valence-corrected chi connectivity index (χ1v) is 10.5. The first-order valence-electron chi connectivity index (χ1n) is 9.65. The van der Waals surface area contributed by atoms with E-state index in [4.69, 9.17) is 9.47 Å². The van der Waals surface area contributed by atoms with E-state index in [9.17, 15) is 9.18 Å². The Morgan fingerprint density at radius 1 is 1.21 bits per heavy atom. The lowest BCUT2D eigenvalue weighted by atomic mass is 10.0. The van der Waals surface area contributed by atoms with Gasteiger partial charge in [0.1, 0.15) is 19.0 Å². The highest BCUT2D eigenvalue weighted by Crippen LogP contribution is 2.38. The van der Waals surface area contributed by atoms with Crippen molar-refractivity contribution >= 4 is 32.6 Å². The van der Waals surface area contributed by atoms with Gasteiger partial charge in [-0.2, -0.15) is 0 Å². The Morgan fingerprint density at radius 3 is 2.97 bits per heavy atom. The fourth-order valence-corrected chi connectivity index (χ4v) is 4.86. The summed E-state index contributed by atoms with van der Waals surface area (Å²) in [7, 11) is 0. The van der Waals surface area contributed by atoms with Crippen molar-refractivity contribution in [2.45, 2.75) is 18.9 Å². The minimum Gasteiger partial charge on any atom is -0.486 e. The second-order valence-corrected chi connectivity index (χ2v) is 8.24. The average Bonchev–Trinajstić information content (AvgIpc) is 3.33. The zero-order chi connectivity index (χ0) is 19.8. The van der Waals surface area contributed by atoms with Crippen LogP contribution in [0.3, 0.4) is 0 Å². The van der Waals surface area contributed by atoms with Crippen LogP contribution in [0.25, 0.3) is 10.2 Å². The Bertz CT molecular complexity index is 1070. The van der Waals surface area contributed by atoms with Crippen molar-refractivity contribution in [1.82, 2.24) is 9.88 Å². The monoisotopic (exact) mass is 413 g/mol. The maximum Gasteiger partial charge on any atom is 0.240 e. The smallest absolute Gasteiger partial charge is 0.240 e. The standard InChI is InChI=1S/C21H20FN3O3S/c22-14-4-5-15-19(11-14)29-21(23-15)24-20(26)12-25-7-1-2-16(25)13-3-6-17-18(10-13)28-9-8-27-17/h3-6,10-11,16H,1-2,7-9,12H2,(H,23,24,26). The van der Waals surface area contributed by atoms with Crippen LogP contribution in [0.4, 0.5) is 9.52 Å². The van der Waals surface area contributed by atoms with Crippen molar-refractivity contribution in [3.8, 4) is 11.5 Å². The molecule has 8 heteroatoms. The molecule has 1 unspecified atom stereocenters. The predicted molar refractivity (Wildman–Crippen MR) is 109 cm³/mol. The van der Waals surface area contributed by atoms with Gasteiger partial charge in [0, 0.05) is 6.04 Å². The average molecular weight is 413 g/mol. The number of rotatable bonds is 4. The maximum absolute atomic E-state index is 13.4. The SMILES string of the molecule is O=C(CN1CCCC1c1ccc2c(c1)OCCO2)Nc1nc2ccc(F)cc2s1. The number of hydrogen-bond acceptors (Lipinski definition) is 6. The summed E-state index contributed by atoms with van der Waals surface area (Å²) >= 11 is 1.28. The van der Waals surface area contributed by atoms with Crippen molar-refractivity contribution in [3.63, 3.8) is 0 Å². The molecule has 1 saturated heterocycles. The van der Waals surface area contributed by atoms with Crippen LogP contribution < -0.4 is 14.8 Å². The summed E-state index contributed by atoms with van der Waals surface area (Å²) in [5.41, 5.74) is 1.82. The predicted octanol–water partition coefficient (Wildman–Crippen LogP) is 3.98. The van der Waals surface area contributed by atoms with Crippen LogP contribution in [0.2, 0.25) is 0 Å². The van der Waals surface area contributed by atoms with Gasteiger partial charge in [-0.1, -0.05) is 17.4 Å². The fraction of sp³-hybridized carbons (Fsp3) is 0.333. The number of nitrogens with zero attached hydrogens (tertiary/aromatic N) is 2. The topological polar surface area (TPSA) is 63.7 Å². The van der Waals surface area contributed by atoms with Gasteiger partial charge in [-0.05, 0) is 55.3 Å². The molecule has 6 nitrogen and oxygen atoms in total. The van der Waals surface area contributed by atoms with Crippen LogP contribution >= 0.6 is 11.3 Å². The number of aromatic nitrogens is 1. The van der Waals surface area contributed by atoms with Crippen molar-refractivity contribution in [1.29, 1.82) is 0 Å². The number of nitrogens with one attached hydrogen (secondary N) is 1. The molecular formula is C21H20FN3O3S. The van der Waals surface area contributed by atoms with Crippen molar-refractivity contribution in [2.75, 3.05) is 31.6 Å². The lowest BCUT2D eigenvalue weighted by Crippen LogP contribution is -2.33. The minimum atomic E-state index is -0.307. The van der Waals surface area contributed by atoms with Gasteiger partial charge < -0.3 is 14.8 Å². The molecule has 1 atom stereocenters. The molecule has 3 aromatic rings. The van der Waals surface area contributed by atoms with Gasteiger partial charge in [0.25, 0.3) is 0 Å². The molecule has 5 rings (SSSR count). The summed E-state index contributed by atoms with van der Waals surface area (Å²) in [5.74, 6) is 1.12. The van der Waals surface area contributed by atoms with E-state index in [1.165, 1.54) is 23.5 Å². The van der Waals surface area contributed by atoms with E-state index in [2.05, 4.69) is 21.3 Å². The molecule has 2 aliphatic rings. The normalized spacial score (nSPS) is 18.9. The summed E-state index contributed by atoms with van der Waals surface area (Å²) in [5, 5.41) is 3.35. The highest BCUT2D eigenvalue weighted by molar-refractivity contribution is 7.22. The third-order valence-corrected chi connectivity index (χ3v) is 6.19. The van der Waals surface area contributed by atoms with E-state index in [-0.39, 0.29) is 24.3 Å². The number of carbonyl (C=O) groups is 1. The number of amides is 1. The summed E-state index contributed by atoms with van der Waals surface area (Å²) in [4.78, 5) is 19.2. The number of thiazole rings is 1. The highest BCUT2D eigenvalue weighted by Gasteiger charge is 2.29. The van der Waals surface area contributed by atoms with E-state index in [1.54, 1.807) is 6.07 Å². The molecular weight excluding hydrogens is 393 g/mol. The molecule has 150 valence electrons. The molecule has 2 aliphatic heterocycles. The summed E-state index contributed by atoms with van der Waals surface area (Å²) in [6.45, 7) is 2.26. The molecule has 1 N–H and O–H groups in total. The van der Waals surface area contributed by atoms with Gasteiger partial charge in [0.05, 0.1) is 16.8 Å². The quantitative estimate of drug-likeness (QED) is 0.701. The number of benzene rings is 2. The maximum atomic E-state index is 13.4. The number of anilines is 1. The van der Waals surface area contributed by atoms with Gasteiger partial charge in [-0.3, -0.25) is 9.69 Å². The number of carbonyl (C=O) groups excluding carboxylic acids is 1. The van der Waals surface area contributed by atoms with Gasteiger partial charge in [-0.15, -0.1) is 0 Å². The zero-order valence-electron chi connectivity index (χ0n) is 15.7. The van der Waals surface area contributed by atoms with E-state index in [0.717, 1.165) is 41.1 Å². The fourth-order valence-electron chi connectivity index (χ4n) is 3.96. The molecule has 0 bridgehead atoms. The first kappa shape index (κ1) is 18.3. The summed E-state index contributed by atoms with van der Waals surface area (Å²) in [6.07, 6.45) is 2.03. The van der Waals surface area contributed by atoms with Gasteiger partial charge in [0.15, 0.2) is 16.6 Å². The molecule has 3 heterocycles. The number of fused-ring (bicyclic) bond motifs is 2. The molecule has 0 aliphatic carbocycles. The highest BCUT2D eigenvalue weighted by atomic mass is 32.1. The van der Waals surface area contributed by atoms with E-state index >= 15 is 0 Å². The van der Waals surface area contributed by atoms with E-state index in [1.807, 2.05) is 12.1 Å². The molecule has 1 amide bonds. The Kier molecular flexibility index (Phi) is 4.81. The molecule has 1 fully saturated rings. The van der Waals surface area contributed by atoms with Crippen LogP contribution in [-0.2, 0) is 4.79 Å². The minimum absolute atomic E-state index is 0.117. The van der Waals surface area contributed by atoms with Crippen LogP contribution in [-0.4, -0.2) is 42.1 Å². The third-order valence-electron chi connectivity index (χ3n) is 5.26. The van der Waals surface area contributed by atoms with Gasteiger partial charge in [-0.25, -0.2) is 9.37 Å². The van der Waals surface area contributed by atoms with Crippen molar-refractivity contribution in [3.05, 3.63) is 47.8 Å². The van der Waals surface area contributed by atoms with Gasteiger partial charge >= 0.3 is 0 Å². The number of likely N-dealkylation sites (tertiary alicyclic amines) is 1. The second kappa shape index (κ2) is 7.61. The van der Waals surface area contributed by atoms with Crippen molar-refractivity contribution < 1.29 is 18.7 Å². The summed E-state index contributed by atoms with van der Waals surface area (Å²) in [6, 6.07) is 10.6. The third kappa shape index (κ3) is 3.77. The Hall–Kier alpha value is -2.71.